The Balaban J connectivity index is 2.91. The highest BCUT2D eigenvalue weighted by atomic mass is 16.4. The number of amides is 2. The Kier molecular flexibility index (Phi) is 8.44. The first-order chi connectivity index (χ1) is 12.7. The molecule has 0 spiro atoms. The molecule has 0 saturated carbocycles. The van der Waals surface area contributed by atoms with Gasteiger partial charge in [0, 0.05) is 30.6 Å². The number of carbonyl (C=O) groups excluding carboxylic acids is 3. The van der Waals surface area contributed by atoms with Crippen molar-refractivity contribution in [3.63, 3.8) is 0 Å². The molecule has 0 radical (unpaired) electrons. The number of carboxylic acids is 1. The quantitative estimate of drug-likeness (QED) is 0.531. The Morgan fingerprint density at radius 3 is 2.37 bits per heavy atom. The number of carbonyl (C=O) groups is 4. The fourth-order valence-corrected chi connectivity index (χ4v) is 2.70. The Morgan fingerprint density at radius 2 is 1.89 bits per heavy atom. The standard InChI is InChI=1S/C19H26N2O6/c1-4-21(14-6-5-7-15(23)9-14)17(24)10-16(12(2)3)19(27)20-13(11-22)8-18(25)26/h5-7,9,11-13,16,23H,4,8,10H2,1-3H3,(H,20,27)(H,25,26). The van der Waals surface area contributed by atoms with Crippen molar-refractivity contribution < 1.29 is 29.4 Å². The van der Waals surface area contributed by atoms with E-state index in [0.29, 0.717) is 18.5 Å². The second-order valence-electron chi connectivity index (χ2n) is 6.56. The number of anilines is 1. The minimum absolute atomic E-state index is 0.0272. The number of nitrogens with zero attached hydrogens (tertiary/aromatic N) is 1. The molecule has 0 bridgehead atoms. The van der Waals surface area contributed by atoms with Gasteiger partial charge in [-0.15, -0.1) is 0 Å². The molecule has 0 aliphatic carbocycles. The van der Waals surface area contributed by atoms with Gasteiger partial charge in [0.05, 0.1) is 12.5 Å². The van der Waals surface area contributed by atoms with E-state index in [1.165, 1.54) is 17.0 Å². The van der Waals surface area contributed by atoms with Crippen LogP contribution in [0.1, 0.15) is 33.6 Å². The number of phenolic OH excluding ortho intramolecular Hbond substituents is 1. The van der Waals surface area contributed by atoms with Crippen molar-refractivity contribution in [2.75, 3.05) is 11.4 Å². The van der Waals surface area contributed by atoms with E-state index in [1.807, 2.05) is 0 Å². The van der Waals surface area contributed by atoms with E-state index in [1.54, 1.807) is 32.9 Å². The van der Waals surface area contributed by atoms with Crippen LogP contribution in [0.2, 0.25) is 0 Å². The van der Waals surface area contributed by atoms with Gasteiger partial charge in [-0.3, -0.25) is 14.4 Å². The molecule has 0 aromatic heterocycles. The van der Waals surface area contributed by atoms with Crippen molar-refractivity contribution in [3.05, 3.63) is 24.3 Å². The number of carboxylic acid groups (broad SMARTS) is 1. The van der Waals surface area contributed by atoms with Gasteiger partial charge in [-0.1, -0.05) is 19.9 Å². The highest BCUT2D eigenvalue weighted by Crippen LogP contribution is 2.23. The molecule has 2 unspecified atom stereocenters. The number of aromatic hydroxyl groups is 1. The first-order valence-electron chi connectivity index (χ1n) is 8.76. The molecule has 0 saturated heterocycles. The number of phenols is 1. The summed E-state index contributed by atoms with van der Waals surface area (Å²) < 4.78 is 0. The molecule has 0 aliphatic heterocycles. The topological polar surface area (TPSA) is 124 Å². The van der Waals surface area contributed by atoms with Gasteiger partial charge in [-0.25, -0.2) is 0 Å². The van der Waals surface area contributed by atoms with E-state index in [0.717, 1.165) is 0 Å². The molecule has 0 fully saturated rings. The van der Waals surface area contributed by atoms with E-state index in [4.69, 9.17) is 5.11 Å². The van der Waals surface area contributed by atoms with Crippen molar-refractivity contribution in [3.8, 4) is 5.75 Å². The second kappa shape index (κ2) is 10.3. The number of aliphatic carboxylic acids is 1. The van der Waals surface area contributed by atoms with Crippen LogP contribution in [0.5, 0.6) is 5.75 Å². The van der Waals surface area contributed by atoms with Crippen molar-refractivity contribution in [2.24, 2.45) is 11.8 Å². The van der Waals surface area contributed by atoms with E-state index in [-0.39, 0.29) is 24.0 Å². The minimum Gasteiger partial charge on any atom is -0.508 e. The van der Waals surface area contributed by atoms with Crippen LogP contribution < -0.4 is 10.2 Å². The van der Waals surface area contributed by atoms with Gasteiger partial charge in [-0.2, -0.15) is 0 Å². The fraction of sp³-hybridized carbons (Fsp3) is 0.474. The van der Waals surface area contributed by atoms with E-state index >= 15 is 0 Å². The zero-order chi connectivity index (χ0) is 20.6. The van der Waals surface area contributed by atoms with Crippen LogP contribution >= 0.6 is 0 Å². The summed E-state index contributed by atoms with van der Waals surface area (Å²) in [5, 5.41) is 20.8. The fourth-order valence-electron chi connectivity index (χ4n) is 2.70. The first kappa shape index (κ1) is 22.1. The lowest BCUT2D eigenvalue weighted by molar-refractivity contribution is -0.139. The van der Waals surface area contributed by atoms with Gasteiger partial charge in [0.15, 0.2) is 0 Å². The van der Waals surface area contributed by atoms with E-state index in [2.05, 4.69) is 5.32 Å². The van der Waals surface area contributed by atoms with Crippen molar-refractivity contribution in [2.45, 2.75) is 39.7 Å². The Labute approximate surface area is 158 Å². The maximum absolute atomic E-state index is 12.7. The SMILES string of the molecule is CCN(C(=O)CC(C(=O)NC(C=O)CC(=O)O)C(C)C)c1cccc(O)c1. The number of hydrogen-bond acceptors (Lipinski definition) is 5. The van der Waals surface area contributed by atoms with Gasteiger partial charge in [0.2, 0.25) is 11.8 Å². The molecule has 3 N–H and O–H groups in total. The summed E-state index contributed by atoms with van der Waals surface area (Å²) in [6.45, 7) is 5.68. The predicted molar refractivity (Wildman–Crippen MR) is 99.3 cm³/mol. The summed E-state index contributed by atoms with van der Waals surface area (Å²) in [6, 6.07) is 5.11. The molecule has 0 aliphatic rings. The third-order valence-electron chi connectivity index (χ3n) is 4.18. The first-order valence-corrected chi connectivity index (χ1v) is 8.76. The normalized spacial score (nSPS) is 12.9. The maximum atomic E-state index is 12.7. The number of rotatable bonds is 10. The van der Waals surface area contributed by atoms with Gasteiger partial charge < -0.3 is 25.2 Å². The van der Waals surface area contributed by atoms with E-state index in [9.17, 15) is 24.3 Å². The molecule has 8 nitrogen and oxygen atoms in total. The third-order valence-corrected chi connectivity index (χ3v) is 4.18. The van der Waals surface area contributed by atoms with Crippen LogP contribution in [0.15, 0.2) is 24.3 Å². The monoisotopic (exact) mass is 378 g/mol. The molecular weight excluding hydrogens is 352 g/mol. The minimum atomic E-state index is -1.20. The average Bonchev–Trinajstić information content (AvgIpc) is 2.59. The lowest BCUT2D eigenvalue weighted by Gasteiger charge is -2.26. The molecule has 148 valence electrons. The molecule has 0 heterocycles. The van der Waals surface area contributed by atoms with Crippen LogP contribution in [0.3, 0.4) is 0 Å². The van der Waals surface area contributed by atoms with Gasteiger partial charge >= 0.3 is 5.97 Å². The molecule has 1 rings (SSSR count). The van der Waals surface area contributed by atoms with Crippen molar-refractivity contribution in [1.82, 2.24) is 5.32 Å². The summed E-state index contributed by atoms with van der Waals surface area (Å²) in [7, 11) is 0. The lowest BCUT2D eigenvalue weighted by Crippen LogP contribution is -2.44. The number of nitrogens with one attached hydrogen (secondary N) is 1. The van der Waals surface area contributed by atoms with Crippen LogP contribution in [0.25, 0.3) is 0 Å². The molecule has 1 aromatic rings. The summed E-state index contributed by atoms with van der Waals surface area (Å²) in [5.41, 5.74) is 0.516. The summed E-state index contributed by atoms with van der Waals surface area (Å²) in [5.74, 6) is -2.94. The number of hydrogen-bond donors (Lipinski definition) is 3. The van der Waals surface area contributed by atoms with Crippen molar-refractivity contribution >= 4 is 29.8 Å². The Morgan fingerprint density at radius 1 is 1.22 bits per heavy atom. The van der Waals surface area contributed by atoms with Gasteiger partial charge in [0.1, 0.15) is 12.0 Å². The summed E-state index contributed by atoms with van der Waals surface area (Å²) in [6.07, 6.45) is -0.250. The average molecular weight is 378 g/mol. The van der Waals surface area contributed by atoms with Crippen LogP contribution in [0.4, 0.5) is 5.69 Å². The van der Waals surface area contributed by atoms with Gasteiger partial charge in [0.25, 0.3) is 0 Å². The third kappa shape index (κ3) is 6.73. The van der Waals surface area contributed by atoms with Crippen LogP contribution in [-0.4, -0.2) is 46.9 Å². The van der Waals surface area contributed by atoms with E-state index < -0.39 is 30.3 Å². The predicted octanol–water partition coefficient (Wildman–Crippen LogP) is 1.57. The summed E-state index contributed by atoms with van der Waals surface area (Å²) in [4.78, 5) is 48.4. The molecule has 2 atom stereocenters. The number of aldehydes is 1. The van der Waals surface area contributed by atoms with Crippen LogP contribution in [0, 0.1) is 11.8 Å². The zero-order valence-electron chi connectivity index (χ0n) is 15.7. The molecule has 27 heavy (non-hydrogen) atoms. The zero-order valence-corrected chi connectivity index (χ0v) is 15.7. The van der Waals surface area contributed by atoms with Crippen LogP contribution in [-0.2, 0) is 19.2 Å². The Bertz CT molecular complexity index is 689. The molecule has 2 amide bonds. The smallest absolute Gasteiger partial charge is 0.305 e. The highest BCUT2D eigenvalue weighted by molar-refractivity contribution is 5.96. The largest absolute Gasteiger partial charge is 0.508 e. The van der Waals surface area contributed by atoms with Gasteiger partial charge in [-0.05, 0) is 25.0 Å². The maximum Gasteiger partial charge on any atom is 0.305 e. The van der Waals surface area contributed by atoms with Crippen molar-refractivity contribution in [1.29, 1.82) is 0 Å². The molecule has 1 aromatic carbocycles. The molecule has 8 heteroatoms. The molecular formula is C19H26N2O6. The second-order valence-corrected chi connectivity index (χ2v) is 6.56. The summed E-state index contributed by atoms with van der Waals surface area (Å²) >= 11 is 0. The highest BCUT2D eigenvalue weighted by Gasteiger charge is 2.29. The Hall–Kier alpha value is -2.90. The number of benzene rings is 1. The lowest BCUT2D eigenvalue weighted by atomic mass is 9.90.